The van der Waals surface area contributed by atoms with E-state index >= 15 is 0 Å². The van der Waals surface area contributed by atoms with Crippen LogP contribution in [0, 0.1) is 11.8 Å². The summed E-state index contributed by atoms with van der Waals surface area (Å²) in [6, 6.07) is 9.47. The van der Waals surface area contributed by atoms with Gasteiger partial charge in [-0.3, -0.25) is 19.3 Å². The van der Waals surface area contributed by atoms with E-state index in [4.69, 9.17) is 0 Å². The number of rotatable bonds is 6. The van der Waals surface area contributed by atoms with Crippen LogP contribution in [0.15, 0.2) is 30.3 Å². The summed E-state index contributed by atoms with van der Waals surface area (Å²) in [4.78, 5) is 41.0. The number of unbranched alkanes of at least 4 members (excludes halogenated alkanes) is 1. The molecule has 2 atom stereocenters. The van der Waals surface area contributed by atoms with E-state index in [-0.39, 0.29) is 36.1 Å². The number of amides is 3. The van der Waals surface area contributed by atoms with E-state index in [1.54, 1.807) is 4.90 Å². The number of hydrogen-bond acceptors (Lipinski definition) is 3. The Morgan fingerprint density at radius 2 is 1.68 bits per heavy atom. The van der Waals surface area contributed by atoms with Crippen molar-refractivity contribution in [3.8, 4) is 0 Å². The smallest absolute Gasteiger partial charge is 0.247 e. The SMILES string of the molecule is CCCCN(C(=O)CN1C(=O)C2CCCCC2C1=O)c1ccccc1. The van der Waals surface area contributed by atoms with E-state index in [0.717, 1.165) is 44.2 Å². The normalized spacial score (nSPS) is 22.8. The first-order valence-corrected chi connectivity index (χ1v) is 9.34. The summed E-state index contributed by atoms with van der Waals surface area (Å²) in [5.41, 5.74) is 0.817. The second-order valence-corrected chi connectivity index (χ2v) is 6.99. The fourth-order valence-corrected chi connectivity index (χ4v) is 3.93. The number of para-hydroxylation sites is 1. The van der Waals surface area contributed by atoms with Gasteiger partial charge in [-0.1, -0.05) is 44.4 Å². The maximum Gasteiger partial charge on any atom is 0.247 e. The lowest BCUT2D eigenvalue weighted by Crippen LogP contribution is -2.43. The molecule has 0 spiro atoms. The summed E-state index contributed by atoms with van der Waals surface area (Å²) in [6.07, 6.45) is 5.40. The Hall–Kier alpha value is -2.17. The van der Waals surface area contributed by atoms with Gasteiger partial charge in [-0.25, -0.2) is 0 Å². The summed E-state index contributed by atoms with van der Waals surface area (Å²) >= 11 is 0. The first-order valence-electron chi connectivity index (χ1n) is 9.34. The summed E-state index contributed by atoms with van der Waals surface area (Å²) in [5.74, 6) is -0.872. The van der Waals surface area contributed by atoms with Crippen LogP contribution in [0.1, 0.15) is 45.4 Å². The van der Waals surface area contributed by atoms with E-state index < -0.39 is 0 Å². The van der Waals surface area contributed by atoms with Gasteiger partial charge in [-0.2, -0.15) is 0 Å². The van der Waals surface area contributed by atoms with E-state index in [9.17, 15) is 14.4 Å². The zero-order valence-electron chi connectivity index (χ0n) is 14.8. The number of likely N-dealkylation sites (tertiary alicyclic amines) is 1. The van der Waals surface area contributed by atoms with Gasteiger partial charge >= 0.3 is 0 Å². The Bertz CT molecular complexity index is 620. The Labute approximate surface area is 149 Å². The lowest BCUT2D eigenvalue weighted by atomic mass is 9.81. The van der Waals surface area contributed by atoms with E-state index in [1.165, 1.54) is 4.90 Å². The van der Waals surface area contributed by atoms with Crippen molar-refractivity contribution < 1.29 is 14.4 Å². The van der Waals surface area contributed by atoms with Crippen LogP contribution in [0.3, 0.4) is 0 Å². The molecule has 3 rings (SSSR count). The Kier molecular flexibility index (Phi) is 5.51. The molecule has 2 aliphatic rings. The third kappa shape index (κ3) is 3.60. The van der Waals surface area contributed by atoms with Crippen LogP contribution in [-0.4, -0.2) is 35.7 Å². The van der Waals surface area contributed by atoms with Crippen LogP contribution in [0.5, 0.6) is 0 Å². The largest absolute Gasteiger partial charge is 0.311 e. The molecule has 1 saturated heterocycles. The first-order chi connectivity index (χ1) is 12.1. The molecule has 3 amide bonds. The lowest BCUT2D eigenvalue weighted by Gasteiger charge is -2.25. The maximum atomic E-state index is 12.9. The number of imide groups is 1. The molecule has 1 aromatic carbocycles. The van der Waals surface area contributed by atoms with Crippen LogP contribution in [0.4, 0.5) is 5.69 Å². The number of hydrogen-bond donors (Lipinski definition) is 0. The molecular formula is C20H26N2O3. The molecule has 5 nitrogen and oxygen atoms in total. The van der Waals surface area contributed by atoms with E-state index in [2.05, 4.69) is 6.92 Å². The number of carbonyl (C=O) groups excluding carboxylic acids is 3. The van der Waals surface area contributed by atoms with Crippen LogP contribution in [0.2, 0.25) is 0 Å². The van der Waals surface area contributed by atoms with Gasteiger partial charge < -0.3 is 4.90 Å². The fraction of sp³-hybridized carbons (Fsp3) is 0.550. The van der Waals surface area contributed by atoms with Gasteiger partial charge in [-0.05, 0) is 31.4 Å². The van der Waals surface area contributed by atoms with Crippen molar-refractivity contribution in [1.29, 1.82) is 0 Å². The summed E-state index contributed by atoms with van der Waals surface area (Å²) < 4.78 is 0. The molecule has 0 bridgehead atoms. The molecule has 5 heteroatoms. The monoisotopic (exact) mass is 342 g/mol. The highest BCUT2D eigenvalue weighted by atomic mass is 16.2. The van der Waals surface area contributed by atoms with Crippen LogP contribution >= 0.6 is 0 Å². The van der Waals surface area contributed by atoms with Gasteiger partial charge in [0.05, 0.1) is 11.8 Å². The molecule has 0 aromatic heterocycles. The fourth-order valence-electron chi connectivity index (χ4n) is 3.93. The van der Waals surface area contributed by atoms with Crippen molar-refractivity contribution >= 4 is 23.4 Å². The van der Waals surface area contributed by atoms with Gasteiger partial charge in [0.15, 0.2) is 0 Å². The minimum atomic E-state index is -0.199. The average Bonchev–Trinajstić information content (AvgIpc) is 2.88. The Morgan fingerprint density at radius 3 is 2.24 bits per heavy atom. The maximum absolute atomic E-state index is 12.9. The van der Waals surface area contributed by atoms with Crippen molar-refractivity contribution in [2.45, 2.75) is 45.4 Å². The van der Waals surface area contributed by atoms with Crippen LogP contribution < -0.4 is 4.90 Å². The van der Waals surface area contributed by atoms with Crippen molar-refractivity contribution in [3.63, 3.8) is 0 Å². The summed E-state index contributed by atoms with van der Waals surface area (Å²) in [5, 5.41) is 0. The third-order valence-electron chi connectivity index (χ3n) is 5.33. The van der Waals surface area contributed by atoms with Crippen molar-refractivity contribution in [3.05, 3.63) is 30.3 Å². The quantitative estimate of drug-likeness (QED) is 0.747. The molecule has 25 heavy (non-hydrogen) atoms. The molecule has 2 unspecified atom stereocenters. The van der Waals surface area contributed by atoms with Gasteiger partial charge in [0.25, 0.3) is 0 Å². The zero-order chi connectivity index (χ0) is 17.8. The third-order valence-corrected chi connectivity index (χ3v) is 5.33. The van der Waals surface area contributed by atoms with Crippen molar-refractivity contribution in [2.24, 2.45) is 11.8 Å². The molecule has 134 valence electrons. The molecule has 0 radical (unpaired) electrons. The van der Waals surface area contributed by atoms with Crippen molar-refractivity contribution in [2.75, 3.05) is 18.0 Å². The number of anilines is 1. The predicted octanol–water partition coefficient (Wildman–Crippen LogP) is 2.99. The number of carbonyl (C=O) groups is 3. The molecule has 1 saturated carbocycles. The van der Waals surface area contributed by atoms with Crippen LogP contribution in [0.25, 0.3) is 0 Å². The van der Waals surface area contributed by atoms with E-state index in [0.29, 0.717) is 6.54 Å². The Balaban J connectivity index is 1.74. The summed E-state index contributed by atoms with van der Waals surface area (Å²) in [7, 11) is 0. The molecular weight excluding hydrogens is 316 g/mol. The number of fused-ring (bicyclic) bond motifs is 1. The molecule has 1 aliphatic heterocycles. The molecule has 2 fully saturated rings. The minimum absolute atomic E-state index is 0.136. The predicted molar refractivity (Wildman–Crippen MR) is 95.9 cm³/mol. The van der Waals surface area contributed by atoms with E-state index in [1.807, 2.05) is 30.3 Å². The highest BCUT2D eigenvalue weighted by Gasteiger charge is 2.48. The highest BCUT2D eigenvalue weighted by molar-refractivity contribution is 6.09. The van der Waals surface area contributed by atoms with Crippen LogP contribution in [-0.2, 0) is 14.4 Å². The standard InChI is InChI=1S/C20H26N2O3/c1-2-3-13-21(15-9-5-4-6-10-15)18(23)14-22-19(24)16-11-7-8-12-17(16)20(22)25/h4-6,9-10,16-17H,2-3,7-8,11-14H2,1H3. The number of nitrogens with zero attached hydrogens (tertiary/aromatic N) is 2. The lowest BCUT2D eigenvalue weighted by molar-refractivity contribution is -0.143. The molecule has 1 aliphatic carbocycles. The van der Waals surface area contributed by atoms with Gasteiger partial charge in [0.1, 0.15) is 6.54 Å². The Morgan fingerprint density at radius 1 is 1.08 bits per heavy atom. The second-order valence-electron chi connectivity index (χ2n) is 6.99. The first kappa shape index (κ1) is 17.6. The minimum Gasteiger partial charge on any atom is -0.311 e. The van der Waals surface area contributed by atoms with Gasteiger partial charge in [0, 0.05) is 12.2 Å². The zero-order valence-corrected chi connectivity index (χ0v) is 14.8. The van der Waals surface area contributed by atoms with Crippen molar-refractivity contribution in [1.82, 2.24) is 4.90 Å². The van der Waals surface area contributed by atoms with Gasteiger partial charge in [0.2, 0.25) is 17.7 Å². The molecule has 1 heterocycles. The molecule has 0 N–H and O–H groups in total. The van der Waals surface area contributed by atoms with Gasteiger partial charge in [-0.15, -0.1) is 0 Å². The topological polar surface area (TPSA) is 57.7 Å². The molecule has 1 aromatic rings. The number of benzene rings is 1. The average molecular weight is 342 g/mol. The highest BCUT2D eigenvalue weighted by Crippen LogP contribution is 2.38. The second kappa shape index (κ2) is 7.81. The summed E-state index contributed by atoms with van der Waals surface area (Å²) in [6.45, 7) is 2.54.